The van der Waals surface area contributed by atoms with E-state index >= 15 is 0 Å². The lowest BCUT2D eigenvalue weighted by Gasteiger charge is -2.11. The van der Waals surface area contributed by atoms with Gasteiger partial charge in [0.05, 0.1) is 16.0 Å². The highest BCUT2D eigenvalue weighted by atomic mass is 32.2. The highest BCUT2D eigenvalue weighted by Gasteiger charge is 2.09. The van der Waals surface area contributed by atoms with Crippen LogP contribution >= 0.6 is 35.3 Å². The molecule has 1 aromatic heterocycles. The van der Waals surface area contributed by atoms with Crippen molar-refractivity contribution in [2.45, 2.75) is 18.7 Å². The van der Waals surface area contributed by atoms with Gasteiger partial charge in [0.15, 0.2) is 10.2 Å². The van der Waals surface area contributed by atoms with Gasteiger partial charge < -0.3 is 16.0 Å². The Kier molecular flexibility index (Phi) is 7.04. The summed E-state index contributed by atoms with van der Waals surface area (Å²) < 4.78 is 1.07. The van der Waals surface area contributed by atoms with E-state index in [9.17, 15) is 4.79 Å². The number of rotatable bonds is 6. The number of nitrogens with one attached hydrogen (secondary N) is 3. The number of nitrogens with zero attached hydrogens (tertiary/aromatic N) is 1. The molecule has 0 unspecified atom stereocenters. The Morgan fingerprint density at radius 1 is 0.938 bits per heavy atom. The maximum atomic E-state index is 12.4. The van der Waals surface area contributed by atoms with Gasteiger partial charge >= 0.3 is 0 Å². The summed E-state index contributed by atoms with van der Waals surface area (Å²) in [6.45, 7) is 4.09. The SMILES string of the molecule is Cc1ccc(NC(=S)Nc2cccc(SCC(=O)Nc3nc4ccc(C)cc4s3)c2)cc1. The van der Waals surface area contributed by atoms with Gasteiger partial charge in [-0.05, 0) is 74.1 Å². The van der Waals surface area contributed by atoms with Gasteiger partial charge in [0.2, 0.25) is 5.91 Å². The maximum Gasteiger partial charge on any atom is 0.236 e. The largest absolute Gasteiger partial charge is 0.332 e. The fraction of sp³-hybridized carbons (Fsp3) is 0.125. The average molecular weight is 479 g/mol. The topological polar surface area (TPSA) is 66.0 Å². The van der Waals surface area contributed by atoms with Gasteiger partial charge in [0, 0.05) is 16.3 Å². The third-order valence-corrected chi connectivity index (χ3v) is 6.69. The van der Waals surface area contributed by atoms with Crippen LogP contribution in [0.25, 0.3) is 10.2 Å². The molecule has 4 aromatic rings. The predicted molar refractivity (Wildman–Crippen MR) is 141 cm³/mol. The molecule has 3 aromatic carbocycles. The summed E-state index contributed by atoms with van der Waals surface area (Å²) in [7, 11) is 0. The molecule has 162 valence electrons. The van der Waals surface area contributed by atoms with Crippen LogP contribution in [0.5, 0.6) is 0 Å². The Morgan fingerprint density at radius 3 is 2.50 bits per heavy atom. The van der Waals surface area contributed by atoms with E-state index in [0.29, 0.717) is 16.0 Å². The molecule has 1 heterocycles. The van der Waals surface area contributed by atoms with Crippen LogP contribution in [0.1, 0.15) is 11.1 Å². The van der Waals surface area contributed by atoms with Crippen molar-refractivity contribution in [3.8, 4) is 0 Å². The van der Waals surface area contributed by atoms with Crippen LogP contribution in [0.4, 0.5) is 16.5 Å². The summed E-state index contributed by atoms with van der Waals surface area (Å²) in [6.07, 6.45) is 0. The van der Waals surface area contributed by atoms with Crippen LogP contribution in [-0.4, -0.2) is 21.8 Å². The number of amides is 1. The summed E-state index contributed by atoms with van der Waals surface area (Å²) in [6, 6.07) is 21.9. The summed E-state index contributed by atoms with van der Waals surface area (Å²) in [5, 5.41) is 10.4. The Hall–Kier alpha value is -2.94. The number of hydrogen-bond acceptors (Lipinski definition) is 5. The second-order valence-corrected chi connectivity index (χ2v) is 9.79. The molecule has 1 amide bonds. The summed E-state index contributed by atoms with van der Waals surface area (Å²) in [5.74, 6) is 0.213. The minimum absolute atomic E-state index is 0.0827. The molecule has 0 aliphatic heterocycles. The molecule has 0 aliphatic rings. The van der Waals surface area contributed by atoms with E-state index in [1.165, 1.54) is 34.2 Å². The zero-order valence-corrected chi connectivity index (χ0v) is 20.1. The number of fused-ring (bicyclic) bond motifs is 1. The molecule has 0 radical (unpaired) electrons. The van der Waals surface area contributed by atoms with Gasteiger partial charge in [0.25, 0.3) is 0 Å². The fourth-order valence-corrected chi connectivity index (χ4v) is 4.95. The van der Waals surface area contributed by atoms with Crippen LogP contribution in [-0.2, 0) is 4.79 Å². The first-order valence-electron chi connectivity index (χ1n) is 9.99. The quantitative estimate of drug-likeness (QED) is 0.219. The van der Waals surface area contributed by atoms with Gasteiger partial charge in [-0.3, -0.25) is 4.79 Å². The van der Waals surface area contributed by atoms with Gasteiger partial charge in [-0.2, -0.15) is 0 Å². The third-order valence-electron chi connectivity index (χ3n) is 4.56. The molecule has 0 atom stereocenters. The molecule has 8 heteroatoms. The predicted octanol–water partition coefficient (Wildman–Crippen LogP) is 6.45. The minimum Gasteiger partial charge on any atom is -0.332 e. The van der Waals surface area contributed by atoms with Crippen molar-refractivity contribution in [1.29, 1.82) is 0 Å². The van der Waals surface area contributed by atoms with E-state index < -0.39 is 0 Å². The Labute approximate surface area is 200 Å². The normalized spacial score (nSPS) is 10.7. The van der Waals surface area contributed by atoms with E-state index in [4.69, 9.17) is 12.2 Å². The first-order valence-corrected chi connectivity index (χ1v) is 12.2. The van der Waals surface area contributed by atoms with E-state index in [1.54, 1.807) is 0 Å². The van der Waals surface area contributed by atoms with Gasteiger partial charge in [-0.1, -0.05) is 41.2 Å². The lowest BCUT2D eigenvalue weighted by atomic mass is 10.2. The Bertz CT molecular complexity index is 1270. The fourth-order valence-electron chi connectivity index (χ4n) is 2.98. The number of benzene rings is 3. The first-order chi connectivity index (χ1) is 15.4. The Morgan fingerprint density at radius 2 is 1.69 bits per heavy atom. The van der Waals surface area contributed by atoms with Crippen molar-refractivity contribution >= 4 is 73.1 Å². The van der Waals surface area contributed by atoms with E-state index in [-0.39, 0.29) is 5.91 Å². The zero-order valence-electron chi connectivity index (χ0n) is 17.6. The lowest BCUT2D eigenvalue weighted by Crippen LogP contribution is -2.19. The number of thiazole rings is 1. The summed E-state index contributed by atoms with van der Waals surface area (Å²) in [5.41, 5.74) is 5.07. The molecular formula is C24H22N4OS3. The molecule has 0 saturated carbocycles. The van der Waals surface area contributed by atoms with Crippen molar-refractivity contribution < 1.29 is 4.79 Å². The van der Waals surface area contributed by atoms with Crippen LogP contribution in [0.2, 0.25) is 0 Å². The van der Waals surface area contributed by atoms with Gasteiger partial charge in [0.1, 0.15) is 0 Å². The van der Waals surface area contributed by atoms with Gasteiger partial charge in [-0.25, -0.2) is 4.98 Å². The minimum atomic E-state index is -0.0827. The number of hydrogen-bond donors (Lipinski definition) is 3. The van der Waals surface area contributed by atoms with Crippen molar-refractivity contribution in [2.24, 2.45) is 0 Å². The van der Waals surface area contributed by atoms with Crippen LogP contribution in [0, 0.1) is 13.8 Å². The molecule has 0 bridgehead atoms. The van der Waals surface area contributed by atoms with Crippen LogP contribution < -0.4 is 16.0 Å². The molecule has 3 N–H and O–H groups in total. The second kappa shape index (κ2) is 10.1. The molecule has 0 saturated heterocycles. The number of carbonyl (C=O) groups is 1. The van der Waals surface area contributed by atoms with E-state index in [2.05, 4.69) is 27.0 Å². The standard InChI is InChI=1S/C24H22N4OS3/c1-15-6-9-17(10-7-15)25-23(30)26-18-4-3-5-19(13-18)31-14-22(29)28-24-27-20-11-8-16(2)12-21(20)32-24/h3-13H,14H2,1-2H3,(H2,25,26,30)(H,27,28,29). The van der Waals surface area contributed by atoms with Crippen molar-refractivity contribution in [1.82, 2.24) is 4.98 Å². The summed E-state index contributed by atoms with van der Waals surface area (Å²) >= 11 is 8.36. The van der Waals surface area contributed by atoms with Crippen molar-refractivity contribution in [3.05, 3.63) is 77.9 Å². The number of carbonyl (C=O) groups excluding carboxylic acids is 1. The summed E-state index contributed by atoms with van der Waals surface area (Å²) in [4.78, 5) is 17.9. The third kappa shape index (κ3) is 6.06. The van der Waals surface area contributed by atoms with E-state index in [0.717, 1.165) is 26.5 Å². The number of aryl methyl sites for hydroxylation is 2. The molecule has 32 heavy (non-hydrogen) atoms. The molecule has 0 aliphatic carbocycles. The van der Waals surface area contributed by atoms with Crippen LogP contribution in [0.3, 0.4) is 0 Å². The monoisotopic (exact) mass is 478 g/mol. The number of anilines is 3. The number of thiocarbonyl (C=S) groups is 1. The van der Waals surface area contributed by atoms with Gasteiger partial charge in [-0.15, -0.1) is 11.8 Å². The molecule has 0 fully saturated rings. The molecular weight excluding hydrogens is 456 g/mol. The smallest absolute Gasteiger partial charge is 0.236 e. The number of thioether (sulfide) groups is 1. The van der Waals surface area contributed by atoms with Crippen molar-refractivity contribution in [2.75, 3.05) is 21.7 Å². The van der Waals surface area contributed by atoms with Crippen molar-refractivity contribution in [3.63, 3.8) is 0 Å². The zero-order chi connectivity index (χ0) is 22.5. The number of aromatic nitrogens is 1. The Balaban J connectivity index is 1.30. The lowest BCUT2D eigenvalue weighted by molar-refractivity contribution is -0.113. The average Bonchev–Trinajstić information content (AvgIpc) is 3.15. The molecule has 4 rings (SSSR count). The molecule has 0 spiro atoms. The highest BCUT2D eigenvalue weighted by molar-refractivity contribution is 8.00. The van der Waals surface area contributed by atoms with E-state index in [1.807, 2.05) is 74.5 Å². The maximum absolute atomic E-state index is 12.4. The van der Waals surface area contributed by atoms with Crippen LogP contribution in [0.15, 0.2) is 71.6 Å². The second-order valence-electron chi connectivity index (χ2n) is 7.30. The first kappa shape index (κ1) is 22.3. The highest BCUT2D eigenvalue weighted by Crippen LogP contribution is 2.27. The molecule has 5 nitrogen and oxygen atoms in total.